The number of aromatic nitrogens is 1. The van der Waals surface area contributed by atoms with Gasteiger partial charge in [0.25, 0.3) is 0 Å². The number of hydrogen-bond acceptors (Lipinski definition) is 2. The Kier molecular flexibility index (Phi) is 5.77. The van der Waals surface area contributed by atoms with E-state index in [1.165, 1.54) is 6.07 Å². The fraction of sp³-hybridized carbons (Fsp3) is 0.412. The monoisotopic (exact) mass is 378 g/mol. The first-order chi connectivity index (χ1) is 12.0. The van der Waals surface area contributed by atoms with Crippen molar-refractivity contribution in [2.75, 3.05) is 0 Å². The molecule has 9 heteroatoms. The summed E-state index contributed by atoms with van der Waals surface area (Å²) in [6.07, 6.45) is -7.96. The van der Waals surface area contributed by atoms with Crippen LogP contribution in [0.5, 0.6) is 0 Å². The highest BCUT2D eigenvalue weighted by Gasteiger charge is 2.37. The van der Waals surface area contributed by atoms with Crippen molar-refractivity contribution in [1.29, 1.82) is 0 Å². The van der Waals surface area contributed by atoms with Crippen LogP contribution < -0.4 is 5.73 Å². The minimum atomic E-state index is -4.85. The Morgan fingerprint density at radius 2 is 1.69 bits per heavy atom. The van der Waals surface area contributed by atoms with Gasteiger partial charge < -0.3 is 5.73 Å². The molecule has 2 N–H and O–H groups in total. The molecule has 0 atom stereocenters. The first-order valence-electron chi connectivity index (χ1n) is 7.85. The lowest BCUT2D eigenvalue weighted by Crippen LogP contribution is -2.13. The molecule has 0 saturated heterocycles. The summed E-state index contributed by atoms with van der Waals surface area (Å²) in [6.45, 7) is 0. The van der Waals surface area contributed by atoms with Crippen molar-refractivity contribution in [3.8, 4) is 0 Å². The van der Waals surface area contributed by atoms with E-state index >= 15 is 0 Å². The molecule has 0 bridgehead atoms. The summed E-state index contributed by atoms with van der Waals surface area (Å²) in [7, 11) is 0. The standard InChI is InChI=1S/C17H16F6N2O/c18-16(19,20)12-7-4-6-11-10(5-2-1-3-8-14(24)26)9-13(17(21,22)23)25-15(11)12/h4,6-7,9H,1-3,5,8H2,(H2,24,26). The molecule has 1 heterocycles. The van der Waals surface area contributed by atoms with Crippen molar-refractivity contribution in [3.63, 3.8) is 0 Å². The van der Waals surface area contributed by atoms with Crippen molar-refractivity contribution in [1.82, 2.24) is 4.98 Å². The van der Waals surface area contributed by atoms with Gasteiger partial charge in [0, 0.05) is 11.8 Å². The number of fused-ring (bicyclic) bond motifs is 1. The van der Waals surface area contributed by atoms with Crippen LogP contribution in [0.25, 0.3) is 10.9 Å². The number of amides is 1. The number of unbranched alkanes of at least 4 members (excludes halogenated alkanes) is 2. The molecule has 0 fully saturated rings. The maximum absolute atomic E-state index is 13.1. The van der Waals surface area contributed by atoms with Gasteiger partial charge in [0.15, 0.2) is 0 Å². The maximum atomic E-state index is 13.1. The van der Waals surface area contributed by atoms with Gasteiger partial charge in [-0.2, -0.15) is 26.3 Å². The molecule has 26 heavy (non-hydrogen) atoms. The minimum absolute atomic E-state index is 0.0442. The topological polar surface area (TPSA) is 56.0 Å². The third kappa shape index (κ3) is 4.86. The van der Waals surface area contributed by atoms with Crippen LogP contribution in [0.1, 0.15) is 42.5 Å². The zero-order valence-corrected chi connectivity index (χ0v) is 13.5. The average molecular weight is 378 g/mol. The van der Waals surface area contributed by atoms with Crippen LogP contribution in [0.4, 0.5) is 26.3 Å². The van der Waals surface area contributed by atoms with Crippen LogP contribution in [0, 0.1) is 0 Å². The van der Waals surface area contributed by atoms with Crippen molar-refractivity contribution >= 4 is 16.8 Å². The maximum Gasteiger partial charge on any atom is 0.433 e. The van der Waals surface area contributed by atoms with Crippen LogP contribution in [0.3, 0.4) is 0 Å². The van der Waals surface area contributed by atoms with Gasteiger partial charge in [-0.25, -0.2) is 4.98 Å². The lowest BCUT2D eigenvalue weighted by Gasteiger charge is -2.15. The van der Waals surface area contributed by atoms with E-state index in [1.54, 1.807) is 0 Å². The molecule has 2 rings (SSSR count). The molecule has 0 aliphatic carbocycles. The molecule has 0 unspecified atom stereocenters. The van der Waals surface area contributed by atoms with Crippen LogP contribution in [0.15, 0.2) is 24.3 Å². The summed E-state index contributed by atoms with van der Waals surface area (Å²) in [5.74, 6) is -0.478. The number of primary amides is 1. The molecule has 0 aliphatic rings. The van der Waals surface area contributed by atoms with E-state index in [0.717, 1.165) is 12.1 Å². The quantitative estimate of drug-likeness (QED) is 0.577. The number of carbonyl (C=O) groups excluding carboxylic acids is 1. The number of nitrogens with zero attached hydrogens (tertiary/aromatic N) is 1. The van der Waals surface area contributed by atoms with Gasteiger partial charge in [0.05, 0.1) is 11.1 Å². The van der Waals surface area contributed by atoms with E-state index in [4.69, 9.17) is 5.73 Å². The highest BCUT2D eigenvalue weighted by atomic mass is 19.4. The predicted molar refractivity (Wildman–Crippen MR) is 83.1 cm³/mol. The Balaban J connectivity index is 2.42. The van der Waals surface area contributed by atoms with Gasteiger partial charge in [-0.05, 0) is 37.0 Å². The number of carbonyl (C=O) groups is 1. The van der Waals surface area contributed by atoms with Crippen LogP contribution in [-0.2, 0) is 23.6 Å². The number of halogens is 6. The molecule has 1 amide bonds. The summed E-state index contributed by atoms with van der Waals surface area (Å²) >= 11 is 0. The van der Waals surface area contributed by atoms with Crippen molar-refractivity contribution in [3.05, 3.63) is 41.1 Å². The molecular formula is C17H16F6N2O. The third-order valence-corrected chi connectivity index (χ3v) is 3.89. The largest absolute Gasteiger partial charge is 0.433 e. The van der Waals surface area contributed by atoms with Gasteiger partial charge in [-0.3, -0.25) is 4.79 Å². The second-order valence-corrected chi connectivity index (χ2v) is 5.89. The van der Waals surface area contributed by atoms with E-state index in [2.05, 4.69) is 4.98 Å². The Morgan fingerprint density at radius 1 is 1.00 bits per heavy atom. The second-order valence-electron chi connectivity index (χ2n) is 5.89. The first kappa shape index (κ1) is 20.0. The molecule has 1 aromatic heterocycles. The molecule has 1 aromatic carbocycles. The van der Waals surface area contributed by atoms with E-state index in [1.807, 2.05) is 0 Å². The Hall–Kier alpha value is -2.32. The normalized spacial score (nSPS) is 12.5. The minimum Gasteiger partial charge on any atom is -0.370 e. The summed E-state index contributed by atoms with van der Waals surface area (Å²) in [5.41, 5.74) is 1.89. The van der Waals surface area contributed by atoms with Gasteiger partial charge >= 0.3 is 12.4 Å². The summed E-state index contributed by atoms with van der Waals surface area (Å²) in [5, 5.41) is 0.0442. The summed E-state index contributed by atoms with van der Waals surface area (Å²) < 4.78 is 78.6. The van der Waals surface area contributed by atoms with Gasteiger partial charge in [0.1, 0.15) is 5.69 Å². The highest BCUT2D eigenvalue weighted by molar-refractivity contribution is 5.86. The molecular weight excluding hydrogens is 362 g/mol. The number of benzene rings is 1. The number of rotatable bonds is 6. The average Bonchev–Trinajstić information content (AvgIpc) is 2.51. The molecule has 0 aliphatic heterocycles. The van der Waals surface area contributed by atoms with E-state index < -0.39 is 35.0 Å². The van der Waals surface area contributed by atoms with Crippen molar-refractivity contribution in [2.24, 2.45) is 5.73 Å². The fourth-order valence-corrected chi connectivity index (χ4v) is 2.69. The number of aryl methyl sites for hydroxylation is 1. The lowest BCUT2D eigenvalue weighted by atomic mass is 9.98. The predicted octanol–water partition coefficient (Wildman–Crippen LogP) is 4.86. The number of para-hydroxylation sites is 1. The van der Waals surface area contributed by atoms with Crippen LogP contribution >= 0.6 is 0 Å². The smallest absolute Gasteiger partial charge is 0.370 e. The zero-order chi connectivity index (χ0) is 19.5. The zero-order valence-electron chi connectivity index (χ0n) is 13.5. The SMILES string of the molecule is NC(=O)CCCCCc1cc(C(F)(F)F)nc2c(C(F)(F)F)cccc12. The van der Waals surface area contributed by atoms with Crippen LogP contribution in [0.2, 0.25) is 0 Å². The Morgan fingerprint density at radius 3 is 2.27 bits per heavy atom. The summed E-state index contributed by atoms with van der Waals surface area (Å²) in [4.78, 5) is 13.9. The molecule has 142 valence electrons. The Bertz CT molecular complexity index is 798. The van der Waals surface area contributed by atoms with Gasteiger partial charge in [-0.15, -0.1) is 0 Å². The molecule has 0 spiro atoms. The van der Waals surface area contributed by atoms with Crippen LogP contribution in [-0.4, -0.2) is 10.9 Å². The van der Waals surface area contributed by atoms with Gasteiger partial charge in [0.2, 0.25) is 5.91 Å². The second kappa shape index (κ2) is 7.51. The van der Waals surface area contributed by atoms with Crippen molar-refractivity contribution < 1.29 is 31.1 Å². The lowest BCUT2D eigenvalue weighted by molar-refractivity contribution is -0.142. The van der Waals surface area contributed by atoms with E-state index in [0.29, 0.717) is 25.3 Å². The van der Waals surface area contributed by atoms with Gasteiger partial charge in [-0.1, -0.05) is 18.6 Å². The molecule has 3 nitrogen and oxygen atoms in total. The number of nitrogens with two attached hydrogens (primary N) is 1. The number of hydrogen-bond donors (Lipinski definition) is 1. The number of alkyl halides is 6. The molecule has 2 aromatic rings. The van der Waals surface area contributed by atoms with E-state index in [9.17, 15) is 31.1 Å². The highest BCUT2D eigenvalue weighted by Crippen LogP contribution is 2.37. The third-order valence-electron chi connectivity index (χ3n) is 3.89. The molecule has 0 saturated carbocycles. The number of pyridine rings is 1. The van der Waals surface area contributed by atoms with Crippen molar-refractivity contribution in [2.45, 2.75) is 44.5 Å². The summed E-state index contributed by atoms with van der Waals surface area (Å²) in [6, 6.07) is 3.98. The fourth-order valence-electron chi connectivity index (χ4n) is 2.69. The first-order valence-corrected chi connectivity index (χ1v) is 7.85. The Labute approximate surface area is 145 Å². The van der Waals surface area contributed by atoms with E-state index in [-0.39, 0.29) is 23.8 Å². The molecule has 0 radical (unpaired) electrons.